The number of aromatic amines is 1. The molecule has 2 aromatic carbocycles. The normalized spacial score (nSPS) is 11.6. The maximum Gasteiger partial charge on any atom is 0.240 e. The molecule has 0 aliphatic heterocycles. The van der Waals surface area contributed by atoms with E-state index in [0.717, 1.165) is 41.4 Å². The van der Waals surface area contributed by atoms with Crippen LogP contribution in [0.4, 0.5) is 0 Å². The Morgan fingerprint density at radius 2 is 1.71 bits per heavy atom. The van der Waals surface area contributed by atoms with Crippen LogP contribution in [0.25, 0.3) is 11.3 Å². The summed E-state index contributed by atoms with van der Waals surface area (Å²) in [6, 6.07) is 14.9. The molecular weight excluding hydrogens is 410 g/mol. The lowest BCUT2D eigenvalue weighted by atomic mass is 10.1. The fourth-order valence-electron chi connectivity index (χ4n) is 3.52. The molecule has 3 rings (SSSR count). The standard InChI is InChI=1S/C24H31N3O3S/c1-4-5-6-7-19-8-14-22(15-9-19)31(28,29)25-17-16-23-24(27-18(2)26-23)20-10-12-21(30-3)13-11-20/h8-15,25H,4-7,16-17H2,1-3H3,(H,26,27). The van der Waals surface area contributed by atoms with Crippen LogP contribution in [0.2, 0.25) is 0 Å². The minimum Gasteiger partial charge on any atom is -0.497 e. The van der Waals surface area contributed by atoms with E-state index in [-0.39, 0.29) is 6.54 Å². The van der Waals surface area contributed by atoms with Gasteiger partial charge in [0.25, 0.3) is 0 Å². The number of aromatic nitrogens is 2. The maximum absolute atomic E-state index is 12.7. The molecule has 0 fully saturated rings. The van der Waals surface area contributed by atoms with Gasteiger partial charge in [-0.1, -0.05) is 31.9 Å². The van der Waals surface area contributed by atoms with Crippen molar-refractivity contribution in [2.75, 3.05) is 13.7 Å². The average Bonchev–Trinajstić information content (AvgIpc) is 3.14. The van der Waals surface area contributed by atoms with Crippen LogP contribution in [0.5, 0.6) is 5.75 Å². The first kappa shape index (κ1) is 23.0. The number of sulfonamides is 1. The van der Waals surface area contributed by atoms with Gasteiger partial charge in [-0.05, 0) is 61.7 Å². The zero-order chi connectivity index (χ0) is 22.3. The number of unbranched alkanes of at least 4 members (excludes halogenated alkanes) is 2. The Kier molecular flexibility index (Phi) is 7.87. The largest absolute Gasteiger partial charge is 0.497 e. The highest BCUT2D eigenvalue weighted by Crippen LogP contribution is 2.24. The molecule has 0 unspecified atom stereocenters. The third-order valence-corrected chi connectivity index (χ3v) is 6.71. The van der Waals surface area contributed by atoms with Gasteiger partial charge in [-0.2, -0.15) is 0 Å². The Bertz CT molecular complexity index is 1070. The zero-order valence-corrected chi connectivity index (χ0v) is 19.3. The first-order valence-corrected chi connectivity index (χ1v) is 12.2. The molecular formula is C24H31N3O3S. The molecule has 0 aliphatic carbocycles. The second-order valence-electron chi connectivity index (χ2n) is 7.63. The van der Waals surface area contributed by atoms with E-state index in [1.165, 1.54) is 18.4 Å². The van der Waals surface area contributed by atoms with E-state index in [0.29, 0.717) is 11.3 Å². The Morgan fingerprint density at radius 3 is 2.35 bits per heavy atom. The van der Waals surface area contributed by atoms with E-state index in [4.69, 9.17) is 4.74 Å². The van der Waals surface area contributed by atoms with Crippen molar-refractivity contribution < 1.29 is 13.2 Å². The molecule has 6 nitrogen and oxygen atoms in total. The molecule has 0 radical (unpaired) electrons. The molecule has 0 atom stereocenters. The van der Waals surface area contributed by atoms with Crippen LogP contribution in [-0.4, -0.2) is 32.0 Å². The van der Waals surface area contributed by atoms with Gasteiger partial charge in [0.2, 0.25) is 10.0 Å². The SMILES string of the molecule is CCCCCc1ccc(S(=O)(=O)NCCc2[nH]c(C)nc2-c2ccc(OC)cc2)cc1. The van der Waals surface area contributed by atoms with Gasteiger partial charge in [0, 0.05) is 24.2 Å². The number of hydrogen-bond acceptors (Lipinski definition) is 4. The monoisotopic (exact) mass is 441 g/mol. The minimum absolute atomic E-state index is 0.283. The van der Waals surface area contributed by atoms with E-state index in [2.05, 4.69) is 21.6 Å². The predicted octanol–water partition coefficient (Wildman–Crippen LogP) is 4.65. The molecule has 1 aromatic heterocycles. The van der Waals surface area contributed by atoms with Crippen molar-refractivity contribution in [1.82, 2.24) is 14.7 Å². The number of ether oxygens (including phenoxy) is 1. The average molecular weight is 442 g/mol. The van der Waals surface area contributed by atoms with Gasteiger partial charge in [0.15, 0.2) is 0 Å². The van der Waals surface area contributed by atoms with Crippen LogP contribution >= 0.6 is 0 Å². The summed E-state index contributed by atoms with van der Waals surface area (Å²) in [4.78, 5) is 8.12. The summed E-state index contributed by atoms with van der Waals surface area (Å²) in [5.74, 6) is 1.57. The smallest absolute Gasteiger partial charge is 0.240 e. The second-order valence-corrected chi connectivity index (χ2v) is 9.39. The summed E-state index contributed by atoms with van der Waals surface area (Å²) >= 11 is 0. The van der Waals surface area contributed by atoms with Gasteiger partial charge in [0.1, 0.15) is 11.6 Å². The van der Waals surface area contributed by atoms with Crippen LogP contribution in [0.1, 0.15) is 43.3 Å². The van der Waals surface area contributed by atoms with Crippen LogP contribution in [0.15, 0.2) is 53.4 Å². The minimum atomic E-state index is -3.55. The first-order chi connectivity index (χ1) is 14.9. The van der Waals surface area contributed by atoms with Crippen molar-refractivity contribution in [1.29, 1.82) is 0 Å². The van der Waals surface area contributed by atoms with Crippen LogP contribution in [0.3, 0.4) is 0 Å². The summed E-state index contributed by atoms with van der Waals surface area (Å²) in [5.41, 5.74) is 3.86. The van der Waals surface area contributed by atoms with Crippen molar-refractivity contribution >= 4 is 10.0 Å². The summed E-state index contributed by atoms with van der Waals surface area (Å²) in [7, 11) is -1.92. The van der Waals surface area contributed by atoms with Gasteiger partial charge in [0.05, 0.1) is 17.7 Å². The summed E-state index contributed by atoms with van der Waals surface area (Å²) in [6.45, 7) is 4.35. The van der Waals surface area contributed by atoms with Crippen LogP contribution in [-0.2, 0) is 22.9 Å². The molecule has 3 aromatic rings. The Labute approximate surface area is 185 Å². The molecule has 2 N–H and O–H groups in total. The Morgan fingerprint density at radius 1 is 1.00 bits per heavy atom. The highest BCUT2D eigenvalue weighted by molar-refractivity contribution is 7.89. The maximum atomic E-state index is 12.7. The lowest BCUT2D eigenvalue weighted by molar-refractivity contribution is 0.415. The van der Waals surface area contributed by atoms with Gasteiger partial charge in [-0.15, -0.1) is 0 Å². The van der Waals surface area contributed by atoms with Crippen molar-refractivity contribution in [3.05, 3.63) is 65.6 Å². The van der Waals surface area contributed by atoms with Gasteiger partial charge < -0.3 is 9.72 Å². The molecule has 31 heavy (non-hydrogen) atoms. The molecule has 166 valence electrons. The fourth-order valence-corrected chi connectivity index (χ4v) is 4.55. The van der Waals surface area contributed by atoms with Crippen LogP contribution in [0, 0.1) is 6.92 Å². The second kappa shape index (κ2) is 10.6. The van der Waals surface area contributed by atoms with Crippen molar-refractivity contribution in [2.24, 2.45) is 0 Å². The number of methoxy groups -OCH3 is 1. The zero-order valence-electron chi connectivity index (χ0n) is 18.4. The molecule has 0 saturated heterocycles. The number of nitrogens with zero attached hydrogens (tertiary/aromatic N) is 1. The number of hydrogen-bond donors (Lipinski definition) is 2. The Balaban J connectivity index is 1.63. The molecule has 0 saturated carbocycles. The van der Waals surface area contributed by atoms with Gasteiger partial charge >= 0.3 is 0 Å². The summed E-state index contributed by atoms with van der Waals surface area (Å²) in [6.07, 6.45) is 4.98. The summed E-state index contributed by atoms with van der Waals surface area (Å²) < 4.78 is 33.3. The number of imidazole rings is 1. The summed E-state index contributed by atoms with van der Waals surface area (Å²) in [5, 5.41) is 0. The number of aryl methyl sites for hydroxylation is 2. The van der Waals surface area contributed by atoms with E-state index >= 15 is 0 Å². The predicted molar refractivity (Wildman–Crippen MR) is 124 cm³/mol. The molecule has 0 bridgehead atoms. The van der Waals surface area contributed by atoms with E-state index in [1.54, 1.807) is 19.2 Å². The molecule has 0 amide bonds. The van der Waals surface area contributed by atoms with E-state index in [1.807, 2.05) is 43.3 Å². The van der Waals surface area contributed by atoms with E-state index in [9.17, 15) is 8.42 Å². The lowest BCUT2D eigenvalue weighted by Crippen LogP contribution is -2.26. The molecule has 1 heterocycles. The third-order valence-electron chi connectivity index (χ3n) is 5.23. The first-order valence-electron chi connectivity index (χ1n) is 10.7. The molecule has 7 heteroatoms. The third kappa shape index (κ3) is 6.18. The van der Waals surface area contributed by atoms with Gasteiger partial charge in [-0.3, -0.25) is 0 Å². The highest BCUT2D eigenvalue weighted by Gasteiger charge is 2.15. The molecule has 0 spiro atoms. The lowest BCUT2D eigenvalue weighted by Gasteiger charge is -2.08. The van der Waals surface area contributed by atoms with Crippen molar-refractivity contribution in [3.63, 3.8) is 0 Å². The number of H-pyrrole nitrogens is 1. The quantitative estimate of drug-likeness (QED) is 0.424. The van der Waals surface area contributed by atoms with Crippen LogP contribution < -0.4 is 9.46 Å². The van der Waals surface area contributed by atoms with E-state index < -0.39 is 10.0 Å². The van der Waals surface area contributed by atoms with Gasteiger partial charge in [-0.25, -0.2) is 18.1 Å². The number of rotatable bonds is 11. The topological polar surface area (TPSA) is 84.1 Å². The van der Waals surface area contributed by atoms with Crippen molar-refractivity contribution in [3.8, 4) is 17.0 Å². The highest BCUT2D eigenvalue weighted by atomic mass is 32.2. The number of benzene rings is 2. The van der Waals surface area contributed by atoms with Crippen molar-refractivity contribution in [2.45, 2.75) is 50.8 Å². The number of nitrogens with one attached hydrogen (secondary N) is 2. The molecule has 0 aliphatic rings. The Hall–Kier alpha value is -2.64. The fraction of sp³-hybridized carbons (Fsp3) is 0.375.